The van der Waals surface area contributed by atoms with Gasteiger partial charge in [-0.1, -0.05) is 12.1 Å². The van der Waals surface area contributed by atoms with Crippen molar-refractivity contribution in [3.63, 3.8) is 0 Å². The first-order chi connectivity index (χ1) is 16.4. The molecular weight excluding hydrogens is 468 g/mol. The van der Waals surface area contributed by atoms with Crippen LogP contribution < -0.4 is 19.5 Å². The van der Waals surface area contributed by atoms with Gasteiger partial charge in [-0.15, -0.1) is 0 Å². The molecule has 182 valence electrons. The van der Waals surface area contributed by atoms with Crippen molar-refractivity contribution >= 4 is 27.6 Å². The number of esters is 1. The predicted octanol–water partition coefficient (Wildman–Crippen LogP) is 1.04. The van der Waals surface area contributed by atoms with E-state index in [1.165, 1.54) is 29.6 Å². The fourth-order valence-electron chi connectivity index (χ4n) is 3.44. The number of nitrogens with zero attached hydrogens (tertiary/aromatic N) is 1. The fraction of sp³-hybridized carbons (Fsp3) is 0.364. The third-order valence-electron chi connectivity index (χ3n) is 5.15. The standard InChI is InChI=1S/C22H24N2O9S/c1-29-18-7-6-15(12-20(18)34(27,28)24-8-10-30-11-9-24)23-21(25)14-32-22(26)19-13-31-16-4-2-3-5-17(16)33-19/h2-7,12,19H,8-11,13-14H2,1H3,(H,23,25). The summed E-state index contributed by atoms with van der Waals surface area (Å²) in [7, 11) is -2.50. The molecule has 2 aliphatic heterocycles. The molecule has 1 fully saturated rings. The number of carbonyl (C=O) groups is 2. The Labute approximate surface area is 196 Å². The minimum Gasteiger partial charge on any atom is -0.495 e. The molecule has 34 heavy (non-hydrogen) atoms. The molecule has 1 amide bonds. The molecule has 1 N–H and O–H groups in total. The maximum Gasteiger partial charge on any atom is 0.351 e. The van der Waals surface area contributed by atoms with E-state index in [0.717, 1.165) is 0 Å². The van der Waals surface area contributed by atoms with Gasteiger partial charge in [0.1, 0.15) is 17.3 Å². The van der Waals surface area contributed by atoms with Gasteiger partial charge in [-0.3, -0.25) is 4.79 Å². The number of amides is 1. The maximum atomic E-state index is 13.1. The first-order valence-electron chi connectivity index (χ1n) is 10.5. The first-order valence-corrected chi connectivity index (χ1v) is 11.9. The van der Waals surface area contributed by atoms with E-state index in [1.807, 2.05) is 0 Å². The van der Waals surface area contributed by atoms with Gasteiger partial charge >= 0.3 is 5.97 Å². The molecule has 1 saturated heterocycles. The van der Waals surface area contributed by atoms with E-state index in [4.69, 9.17) is 23.7 Å². The molecule has 12 heteroatoms. The van der Waals surface area contributed by atoms with Crippen LogP contribution in [0.2, 0.25) is 0 Å². The van der Waals surface area contributed by atoms with Crippen LogP contribution in [0.1, 0.15) is 0 Å². The molecule has 2 aromatic carbocycles. The van der Waals surface area contributed by atoms with Gasteiger partial charge in [0.2, 0.25) is 16.1 Å². The molecule has 1 atom stereocenters. The minimum atomic E-state index is -3.87. The van der Waals surface area contributed by atoms with Crippen molar-refractivity contribution in [2.45, 2.75) is 11.0 Å². The molecule has 2 aliphatic rings. The number of hydrogen-bond acceptors (Lipinski definition) is 9. The van der Waals surface area contributed by atoms with E-state index in [-0.39, 0.29) is 36.0 Å². The second-order valence-electron chi connectivity index (χ2n) is 7.40. The highest BCUT2D eigenvalue weighted by atomic mass is 32.2. The molecule has 1 unspecified atom stereocenters. The average molecular weight is 493 g/mol. The average Bonchev–Trinajstić information content (AvgIpc) is 2.87. The lowest BCUT2D eigenvalue weighted by atomic mass is 10.2. The van der Waals surface area contributed by atoms with Crippen LogP contribution in [0.5, 0.6) is 17.2 Å². The monoisotopic (exact) mass is 492 g/mol. The molecule has 0 saturated carbocycles. The Kier molecular flexibility index (Phi) is 7.20. The lowest BCUT2D eigenvalue weighted by Crippen LogP contribution is -2.40. The molecule has 0 aromatic heterocycles. The van der Waals surface area contributed by atoms with Crippen molar-refractivity contribution in [3.05, 3.63) is 42.5 Å². The SMILES string of the molecule is COc1ccc(NC(=O)COC(=O)C2COc3ccccc3O2)cc1S(=O)(=O)N1CCOCC1. The van der Waals surface area contributed by atoms with Crippen LogP contribution in [0.4, 0.5) is 5.69 Å². The largest absolute Gasteiger partial charge is 0.495 e. The van der Waals surface area contributed by atoms with E-state index in [9.17, 15) is 18.0 Å². The molecule has 2 aromatic rings. The predicted molar refractivity (Wildman–Crippen MR) is 119 cm³/mol. The van der Waals surface area contributed by atoms with E-state index in [2.05, 4.69) is 5.32 Å². The Balaban J connectivity index is 1.37. The number of rotatable bonds is 7. The lowest BCUT2D eigenvalue weighted by molar-refractivity contribution is -0.156. The van der Waals surface area contributed by atoms with Crippen LogP contribution in [-0.4, -0.2) is 77.3 Å². The number of fused-ring (bicyclic) bond motifs is 1. The van der Waals surface area contributed by atoms with Crippen LogP contribution in [0.3, 0.4) is 0 Å². The second-order valence-corrected chi connectivity index (χ2v) is 9.31. The van der Waals surface area contributed by atoms with Crippen LogP contribution in [-0.2, 0) is 29.1 Å². The number of hydrogen-bond donors (Lipinski definition) is 1. The summed E-state index contributed by atoms with van der Waals surface area (Å²) in [5.41, 5.74) is 0.208. The summed E-state index contributed by atoms with van der Waals surface area (Å²) in [6.45, 7) is 0.400. The molecule has 0 radical (unpaired) electrons. The van der Waals surface area contributed by atoms with E-state index < -0.39 is 34.6 Å². The van der Waals surface area contributed by atoms with E-state index in [1.54, 1.807) is 24.3 Å². The smallest absolute Gasteiger partial charge is 0.351 e. The summed E-state index contributed by atoms with van der Waals surface area (Å²) in [6.07, 6.45) is -1.01. The number of carbonyl (C=O) groups excluding carboxylic acids is 2. The molecule has 0 bridgehead atoms. The van der Waals surface area contributed by atoms with Gasteiger partial charge in [-0.25, -0.2) is 13.2 Å². The van der Waals surface area contributed by atoms with Gasteiger partial charge in [0.25, 0.3) is 5.91 Å². The first kappa shape index (κ1) is 23.8. The number of morpholine rings is 1. The van der Waals surface area contributed by atoms with Gasteiger partial charge < -0.3 is 29.0 Å². The molecule has 2 heterocycles. The van der Waals surface area contributed by atoms with Crippen molar-refractivity contribution in [1.82, 2.24) is 4.31 Å². The summed E-state index contributed by atoms with van der Waals surface area (Å²) in [5, 5.41) is 2.53. The van der Waals surface area contributed by atoms with Crippen molar-refractivity contribution in [1.29, 1.82) is 0 Å². The van der Waals surface area contributed by atoms with Crippen LogP contribution in [0.25, 0.3) is 0 Å². The lowest BCUT2D eigenvalue weighted by Gasteiger charge is -2.26. The molecular formula is C22H24N2O9S. The summed E-state index contributed by atoms with van der Waals surface area (Å²) in [6, 6.07) is 11.1. The topological polar surface area (TPSA) is 130 Å². The third-order valence-corrected chi connectivity index (χ3v) is 7.07. The zero-order chi connectivity index (χ0) is 24.1. The Morgan fingerprint density at radius 2 is 1.85 bits per heavy atom. The van der Waals surface area contributed by atoms with Gasteiger partial charge in [0.15, 0.2) is 18.1 Å². The summed E-state index contributed by atoms with van der Waals surface area (Å²) < 4.78 is 53.9. The Hall–Kier alpha value is -3.35. The van der Waals surface area contributed by atoms with Crippen molar-refractivity contribution in [2.24, 2.45) is 0 Å². The quantitative estimate of drug-likeness (QED) is 0.564. The summed E-state index contributed by atoms with van der Waals surface area (Å²) >= 11 is 0. The Morgan fingerprint density at radius 1 is 1.12 bits per heavy atom. The number of para-hydroxylation sites is 2. The Morgan fingerprint density at radius 3 is 2.59 bits per heavy atom. The highest BCUT2D eigenvalue weighted by Crippen LogP contribution is 2.32. The molecule has 0 aliphatic carbocycles. The molecule has 0 spiro atoms. The zero-order valence-corrected chi connectivity index (χ0v) is 19.2. The van der Waals surface area contributed by atoms with Gasteiger partial charge in [0.05, 0.1) is 20.3 Å². The van der Waals surface area contributed by atoms with Gasteiger partial charge in [-0.2, -0.15) is 4.31 Å². The van der Waals surface area contributed by atoms with Crippen LogP contribution in [0.15, 0.2) is 47.4 Å². The number of methoxy groups -OCH3 is 1. The van der Waals surface area contributed by atoms with Crippen molar-refractivity contribution in [3.8, 4) is 17.2 Å². The highest BCUT2D eigenvalue weighted by molar-refractivity contribution is 7.89. The Bertz CT molecular complexity index is 1160. The normalized spacial score (nSPS) is 18.1. The second kappa shape index (κ2) is 10.3. The minimum absolute atomic E-state index is 0.0430. The summed E-state index contributed by atoms with van der Waals surface area (Å²) in [4.78, 5) is 24.6. The number of ether oxygens (including phenoxy) is 5. The number of anilines is 1. The molecule has 11 nitrogen and oxygen atoms in total. The van der Waals surface area contributed by atoms with E-state index in [0.29, 0.717) is 24.7 Å². The number of benzene rings is 2. The van der Waals surface area contributed by atoms with Gasteiger partial charge in [-0.05, 0) is 30.3 Å². The summed E-state index contributed by atoms with van der Waals surface area (Å²) in [5.74, 6) is -0.329. The highest BCUT2D eigenvalue weighted by Gasteiger charge is 2.31. The maximum absolute atomic E-state index is 13.1. The van der Waals surface area contributed by atoms with Crippen molar-refractivity contribution in [2.75, 3.05) is 51.9 Å². The van der Waals surface area contributed by atoms with Crippen LogP contribution >= 0.6 is 0 Å². The van der Waals surface area contributed by atoms with Crippen molar-refractivity contribution < 1.29 is 41.7 Å². The molecule has 4 rings (SSSR count). The van der Waals surface area contributed by atoms with E-state index >= 15 is 0 Å². The van der Waals surface area contributed by atoms with Crippen LogP contribution in [0, 0.1) is 0 Å². The number of nitrogens with one attached hydrogen (secondary N) is 1. The fourth-order valence-corrected chi connectivity index (χ4v) is 5.03. The number of sulfonamides is 1. The zero-order valence-electron chi connectivity index (χ0n) is 18.4. The third kappa shape index (κ3) is 5.24. The van der Waals surface area contributed by atoms with Gasteiger partial charge in [0, 0.05) is 18.8 Å².